The Kier molecular flexibility index (Phi) is 9.56. The Bertz CT molecular complexity index is 1680. The van der Waals surface area contributed by atoms with Crippen LogP contribution in [0.25, 0.3) is 0 Å². The van der Waals surface area contributed by atoms with Gasteiger partial charge in [-0.05, 0) is 40.8 Å². The van der Waals surface area contributed by atoms with E-state index in [1.54, 1.807) is 33.7 Å². The fraction of sp³-hybridized carbons (Fsp3) is 0.419. The molecule has 2 fully saturated rings. The van der Waals surface area contributed by atoms with E-state index in [-0.39, 0.29) is 62.7 Å². The van der Waals surface area contributed by atoms with Crippen molar-refractivity contribution in [3.63, 3.8) is 0 Å². The number of amides is 3. The van der Waals surface area contributed by atoms with E-state index in [4.69, 9.17) is 18.9 Å². The van der Waals surface area contributed by atoms with Crippen molar-refractivity contribution in [3.05, 3.63) is 70.2 Å². The first-order valence-electron chi connectivity index (χ1n) is 15.4. The van der Waals surface area contributed by atoms with Gasteiger partial charge in [-0.3, -0.25) is 19.1 Å². The number of cyclic esters (lactones) is 1. The van der Waals surface area contributed by atoms with E-state index in [1.165, 1.54) is 24.1 Å². The molecule has 0 bridgehead atoms. The summed E-state index contributed by atoms with van der Waals surface area (Å²) in [5.74, 6) is -0.661. The van der Waals surface area contributed by atoms with E-state index in [0.717, 1.165) is 5.56 Å². The van der Waals surface area contributed by atoms with Crippen molar-refractivity contribution in [1.82, 2.24) is 19.8 Å². The highest BCUT2D eigenvalue weighted by molar-refractivity contribution is 5.90. The molecule has 3 aromatic rings. The van der Waals surface area contributed by atoms with Crippen LogP contribution in [-0.2, 0) is 32.2 Å². The molecule has 254 valence electrons. The van der Waals surface area contributed by atoms with Crippen LogP contribution in [0.3, 0.4) is 0 Å². The molecule has 3 amide bonds. The standard InChI is InChI=1S/C31H34FN7O9/c1-20(40)33-13-24-15-38(31(42)48-24)22-4-7-27(26(32)12-22)35-8-10-36(11-9-35)29(41)19-46-23-5-2-21(3-6-23)17-45-25-14-37-16-28(39(43)44)34-30(37)47-18-25/h2-7,12,16,24-25H,8-11,13-15,17-19H2,1H3,(H,33,40)/t24-,25-/m0/s1. The topological polar surface area (TPSA) is 171 Å². The van der Waals surface area contributed by atoms with Gasteiger partial charge in [0.1, 0.15) is 36.6 Å². The Morgan fingerprint density at radius 2 is 1.90 bits per heavy atom. The van der Waals surface area contributed by atoms with Gasteiger partial charge >= 0.3 is 17.9 Å². The first-order valence-corrected chi connectivity index (χ1v) is 15.4. The number of nitrogens with zero attached hydrogens (tertiary/aromatic N) is 6. The van der Waals surface area contributed by atoms with Crippen LogP contribution >= 0.6 is 0 Å². The average molecular weight is 668 g/mol. The minimum atomic E-state index is -0.602. The lowest BCUT2D eigenvalue weighted by atomic mass is 10.2. The number of piperazine rings is 1. The molecule has 0 saturated carbocycles. The second kappa shape index (κ2) is 14.1. The largest absolute Gasteiger partial charge is 0.484 e. The maximum atomic E-state index is 15.2. The van der Waals surface area contributed by atoms with Crippen LogP contribution in [0.5, 0.6) is 11.8 Å². The highest BCUT2D eigenvalue weighted by Crippen LogP contribution is 2.29. The highest BCUT2D eigenvalue weighted by atomic mass is 19.1. The number of nitrogens with one attached hydrogen (secondary N) is 1. The third-order valence-corrected chi connectivity index (χ3v) is 8.15. The van der Waals surface area contributed by atoms with Crippen LogP contribution in [0.15, 0.2) is 48.7 Å². The highest BCUT2D eigenvalue weighted by Gasteiger charge is 2.33. The van der Waals surface area contributed by atoms with Gasteiger partial charge in [0, 0.05) is 38.1 Å². The summed E-state index contributed by atoms with van der Waals surface area (Å²) in [4.78, 5) is 55.3. The molecule has 48 heavy (non-hydrogen) atoms. The van der Waals surface area contributed by atoms with E-state index in [2.05, 4.69) is 10.3 Å². The Morgan fingerprint density at radius 1 is 1.12 bits per heavy atom. The molecule has 16 nitrogen and oxygen atoms in total. The number of hydrogen-bond donors (Lipinski definition) is 1. The van der Waals surface area contributed by atoms with Crippen molar-refractivity contribution in [2.75, 3.05) is 62.3 Å². The summed E-state index contributed by atoms with van der Waals surface area (Å²) in [6, 6.07) is 11.9. The third kappa shape index (κ3) is 7.57. The molecule has 3 aliphatic heterocycles. The molecule has 17 heteroatoms. The molecule has 1 aromatic heterocycles. The van der Waals surface area contributed by atoms with Crippen molar-refractivity contribution in [1.29, 1.82) is 0 Å². The number of carbonyl (C=O) groups excluding carboxylic acids is 3. The van der Waals surface area contributed by atoms with Gasteiger partial charge in [-0.15, -0.1) is 0 Å². The zero-order chi connectivity index (χ0) is 33.8. The number of carbonyl (C=O) groups is 3. The Balaban J connectivity index is 0.923. The molecule has 2 saturated heterocycles. The van der Waals surface area contributed by atoms with Crippen LogP contribution in [0.1, 0.15) is 12.5 Å². The second-order valence-corrected chi connectivity index (χ2v) is 11.5. The average Bonchev–Trinajstić information content (AvgIpc) is 3.69. The summed E-state index contributed by atoms with van der Waals surface area (Å²) >= 11 is 0. The van der Waals surface area contributed by atoms with Crippen molar-refractivity contribution in [2.24, 2.45) is 0 Å². The molecule has 2 aromatic carbocycles. The number of ether oxygens (including phenoxy) is 4. The summed E-state index contributed by atoms with van der Waals surface area (Å²) in [7, 11) is 0. The number of nitro groups is 1. The van der Waals surface area contributed by atoms with Crippen molar-refractivity contribution in [3.8, 4) is 11.8 Å². The fourth-order valence-electron chi connectivity index (χ4n) is 5.61. The lowest BCUT2D eigenvalue weighted by Crippen LogP contribution is -2.50. The number of benzene rings is 2. The van der Waals surface area contributed by atoms with Gasteiger partial charge in [0.15, 0.2) is 6.61 Å². The smallest absolute Gasteiger partial charge is 0.414 e. The van der Waals surface area contributed by atoms with Crippen LogP contribution in [0, 0.1) is 15.9 Å². The predicted octanol–water partition coefficient (Wildman–Crippen LogP) is 2.10. The first-order chi connectivity index (χ1) is 23.1. The van der Waals surface area contributed by atoms with Crippen LogP contribution in [0.4, 0.5) is 26.4 Å². The fourth-order valence-corrected chi connectivity index (χ4v) is 5.61. The molecule has 0 spiro atoms. The van der Waals surface area contributed by atoms with E-state index < -0.39 is 22.9 Å². The molecule has 0 aliphatic carbocycles. The number of anilines is 2. The number of rotatable bonds is 11. The number of imidazole rings is 1. The summed E-state index contributed by atoms with van der Waals surface area (Å²) in [5.41, 5.74) is 1.61. The van der Waals surface area contributed by atoms with Gasteiger partial charge in [-0.25, -0.2) is 9.18 Å². The third-order valence-electron chi connectivity index (χ3n) is 8.15. The van der Waals surface area contributed by atoms with Gasteiger partial charge in [-0.2, -0.15) is 0 Å². The SMILES string of the molecule is CC(=O)NC[C@H]1CN(c2ccc(N3CCN(C(=O)COc4ccc(CO[C@@H]5COc6nc([N+](=O)[O-])cn6C5)cc4)CC3)c(F)c2)C(=O)O1. The summed E-state index contributed by atoms with van der Waals surface area (Å²) in [6.45, 7) is 4.13. The minimum absolute atomic E-state index is 0.146. The first kappa shape index (κ1) is 32.5. The predicted molar refractivity (Wildman–Crippen MR) is 166 cm³/mol. The van der Waals surface area contributed by atoms with Gasteiger partial charge in [0.25, 0.3) is 5.91 Å². The number of halogens is 1. The number of fused-ring (bicyclic) bond motifs is 1. The van der Waals surface area contributed by atoms with Crippen molar-refractivity contribution < 1.29 is 42.6 Å². The van der Waals surface area contributed by atoms with Crippen molar-refractivity contribution in [2.45, 2.75) is 32.3 Å². The molecule has 1 N–H and O–H groups in total. The quantitative estimate of drug-likeness (QED) is 0.235. The molecule has 3 aliphatic rings. The molecule has 6 rings (SSSR count). The molecule has 0 unspecified atom stereocenters. The van der Waals surface area contributed by atoms with Crippen molar-refractivity contribution >= 4 is 35.1 Å². The van der Waals surface area contributed by atoms with E-state index in [9.17, 15) is 24.5 Å². The van der Waals surface area contributed by atoms with E-state index in [0.29, 0.717) is 49.8 Å². The van der Waals surface area contributed by atoms with Gasteiger partial charge in [0.05, 0.1) is 37.6 Å². The van der Waals surface area contributed by atoms with Gasteiger partial charge < -0.3 is 44.2 Å². The Hall–Kier alpha value is -5.45. The molecule has 2 atom stereocenters. The summed E-state index contributed by atoms with van der Waals surface area (Å²) in [6.07, 6.45) is -0.106. The van der Waals surface area contributed by atoms with E-state index in [1.807, 2.05) is 17.0 Å². The summed E-state index contributed by atoms with van der Waals surface area (Å²) < 4.78 is 39.1. The van der Waals surface area contributed by atoms with Crippen LogP contribution < -0.4 is 24.6 Å². The number of aromatic nitrogens is 2. The lowest BCUT2D eigenvalue weighted by molar-refractivity contribution is -0.389. The molecular formula is C31H34FN7O9. The minimum Gasteiger partial charge on any atom is -0.484 e. The summed E-state index contributed by atoms with van der Waals surface area (Å²) in [5, 5.41) is 13.5. The Morgan fingerprint density at radius 3 is 2.60 bits per heavy atom. The zero-order valence-corrected chi connectivity index (χ0v) is 26.1. The maximum absolute atomic E-state index is 15.2. The second-order valence-electron chi connectivity index (χ2n) is 11.5. The molecule has 0 radical (unpaired) electrons. The van der Waals surface area contributed by atoms with E-state index >= 15 is 4.39 Å². The number of hydrogen-bond acceptors (Lipinski definition) is 11. The van der Waals surface area contributed by atoms with Crippen LogP contribution in [-0.4, -0.2) is 102 Å². The molecular weight excluding hydrogens is 633 g/mol. The monoisotopic (exact) mass is 667 g/mol. The Labute approximate surface area is 274 Å². The van der Waals surface area contributed by atoms with Crippen LogP contribution in [0.2, 0.25) is 0 Å². The van der Waals surface area contributed by atoms with Gasteiger partial charge in [0.2, 0.25) is 5.91 Å². The zero-order valence-electron chi connectivity index (χ0n) is 26.1. The molecule has 4 heterocycles. The van der Waals surface area contributed by atoms with Gasteiger partial charge in [-0.1, -0.05) is 12.1 Å². The lowest BCUT2D eigenvalue weighted by Gasteiger charge is -2.36. The normalized spacial score (nSPS) is 19.0. The maximum Gasteiger partial charge on any atom is 0.414 e.